The molecule has 5 nitrogen and oxygen atoms in total. The van der Waals surface area contributed by atoms with Crippen LogP contribution in [0.2, 0.25) is 0 Å². The molecule has 22 heavy (non-hydrogen) atoms. The Bertz CT molecular complexity index is 629. The van der Waals surface area contributed by atoms with Crippen molar-refractivity contribution in [3.63, 3.8) is 0 Å². The average molecular weight is 299 g/mol. The van der Waals surface area contributed by atoms with Gasteiger partial charge in [-0.2, -0.15) is 0 Å². The Morgan fingerprint density at radius 1 is 1.27 bits per heavy atom. The number of hydrogen-bond acceptors (Lipinski definition) is 4. The first kappa shape index (κ1) is 16.0. The van der Waals surface area contributed by atoms with E-state index >= 15 is 0 Å². The molecule has 2 aromatic rings. The van der Waals surface area contributed by atoms with Crippen LogP contribution in [-0.4, -0.2) is 31.2 Å². The van der Waals surface area contributed by atoms with Crippen LogP contribution in [0.4, 0.5) is 11.4 Å². The number of nitrogens with one attached hydrogen (secondary N) is 2. The number of pyridine rings is 1. The van der Waals surface area contributed by atoms with Gasteiger partial charge in [-0.15, -0.1) is 0 Å². The van der Waals surface area contributed by atoms with Crippen LogP contribution >= 0.6 is 0 Å². The van der Waals surface area contributed by atoms with E-state index < -0.39 is 0 Å². The molecule has 0 aliphatic heterocycles. The molecule has 0 atom stereocenters. The lowest BCUT2D eigenvalue weighted by molar-refractivity contribution is 0.102. The number of ether oxygens (including phenoxy) is 1. The quantitative estimate of drug-likeness (QED) is 0.771. The minimum absolute atomic E-state index is 0.164. The Morgan fingerprint density at radius 2 is 2.09 bits per heavy atom. The smallest absolute Gasteiger partial charge is 0.257 e. The topological polar surface area (TPSA) is 63.2 Å². The maximum absolute atomic E-state index is 12.3. The molecule has 1 amide bonds. The van der Waals surface area contributed by atoms with Gasteiger partial charge in [-0.25, -0.2) is 0 Å². The van der Waals surface area contributed by atoms with Crippen LogP contribution in [0.15, 0.2) is 42.7 Å². The SMILES string of the molecule is COCCCNc1cncc(C(=O)Nc2ccccc2C)c1. The lowest BCUT2D eigenvalue weighted by Crippen LogP contribution is -2.14. The third-order valence-corrected chi connectivity index (χ3v) is 3.25. The number of benzene rings is 1. The number of nitrogens with zero attached hydrogens (tertiary/aromatic N) is 1. The van der Waals surface area contributed by atoms with Crippen molar-refractivity contribution in [2.45, 2.75) is 13.3 Å². The lowest BCUT2D eigenvalue weighted by atomic mass is 10.2. The minimum Gasteiger partial charge on any atom is -0.385 e. The van der Waals surface area contributed by atoms with Gasteiger partial charge < -0.3 is 15.4 Å². The average Bonchev–Trinajstić information content (AvgIpc) is 2.54. The van der Waals surface area contributed by atoms with E-state index in [1.807, 2.05) is 31.2 Å². The van der Waals surface area contributed by atoms with Gasteiger partial charge in [0.2, 0.25) is 0 Å². The van der Waals surface area contributed by atoms with Crippen molar-refractivity contribution in [2.75, 3.05) is 30.9 Å². The molecule has 1 heterocycles. The van der Waals surface area contributed by atoms with E-state index in [0.717, 1.165) is 29.9 Å². The van der Waals surface area contributed by atoms with Crippen molar-refractivity contribution in [3.05, 3.63) is 53.9 Å². The predicted molar refractivity (Wildman–Crippen MR) is 88.4 cm³/mol. The van der Waals surface area contributed by atoms with Gasteiger partial charge in [-0.05, 0) is 31.0 Å². The van der Waals surface area contributed by atoms with Crippen molar-refractivity contribution < 1.29 is 9.53 Å². The zero-order valence-corrected chi connectivity index (χ0v) is 12.9. The van der Waals surface area contributed by atoms with E-state index in [0.29, 0.717) is 12.2 Å². The Morgan fingerprint density at radius 3 is 2.86 bits per heavy atom. The van der Waals surface area contributed by atoms with E-state index in [1.165, 1.54) is 0 Å². The summed E-state index contributed by atoms with van der Waals surface area (Å²) >= 11 is 0. The van der Waals surface area contributed by atoms with E-state index in [4.69, 9.17) is 4.74 Å². The molecule has 0 radical (unpaired) electrons. The largest absolute Gasteiger partial charge is 0.385 e. The standard InChI is InChI=1S/C17H21N3O2/c1-13-6-3-4-7-16(13)20-17(21)14-10-15(12-18-11-14)19-8-5-9-22-2/h3-4,6-7,10-12,19H,5,8-9H2,1-2H3,(H,20,21). The second kappa shape index (κ2) is 8.14. The number of carbonyl (C=O) groups excluding carboxylic acids is 1. The fourth-order valence-corrected chi connectivity index (χ4v) is 2.02. The van der Waals surface area contributed by atoms with E-state index in [1.54, 1.807) is 25.6 Å². The number of carbonyl (C=O) groups is 1. The summed E-state index contributed by atoms with van der Waals surface area (Å²) < 4.78 is 5.00. The number of methoxy groups -OCH3 is 1. The molecule has 0 saturated heterocycles. The van der Waals surface area contributed by atoms with Gasteiger partial charge in [0.1, 0.15) is 0 Å². The number of rotatable bonds is 7. The summed E-state index contributed by atoms with van der Waals surface area (Å²) in [5.41, 5.74) is 3.19. The minimum atomic E-state index is -0.164. The summed E-state index contributed by atoms with van der Waals surface area (Å²) in [5.74, 6) is -0.164. The molecule has 0 aliphatic rings. The van der Waals surface area contributed by atoms with Crippen LogP contribution in [0.25, 0.3) is 0 Å². The summed E-state index contributed by atoms with van der Waals surface area (Å²) in [4.78, 5) is 16.4. The van der Waals surface area contributed by atoms with E-state index in [-0.39, 0.29) is 5.91 Å². The van der Waals surface area contributed by atoms with Crippen LogP contribution in [0, 0.1) is 6.92 Å². The van der Waals surface area contributed by atoms with E-state index in [2.05, 4.69) is 15.6 Å². The maximum atomic E-state index is 12.3. The molecule has 2 N–H and O–H groups in total. The second-order valence-corrected chi connectivity index (χ2v) is 5.00. The van der Waals surface area contributed by atoms with Crippen LogP contribution < -0.4 is 10.6 Å². The highest BCUT2D eigenvalue weighted by molar-refractivity contribution is 6.04. The summed E-state index contributed by atoms with van der Waals surface area (Å²) in [6.07, 6.45) is 4.17. The summed E-state index contributed by atoms with van der Waals surface area (Å²) in [5, 5.41) is 6.13. The first-order valence-corrected chi connectivity index (χ1v) is 7.25. The van der Waals surface area contributed by atoms with Crippen LogP contribution in [0.3, 0.4) is 0 Å². The Labute approximate surface area is 130 Å². The van der Waals surface area contributed by atoms with Gasteiger partial charge in [-0.3, -0.25) is 9.78 Å². The lowest BCUT2D eigenvalue weighted by Gasteiger charge is -2.10. The number of para-hydroxylation sites is 1. The van der Waals surface area contributed by atoms with Crippen LogP contribution in [0.1, 0.15) is 22.3 Å². The third kappa shape index (κ3) is 4.56. The molecule has 0 spiro atoms. The van der Waals surface area contributed by atoms with Crippen molar-refractivity contribution in [1.29, 1.82) is 0 Å². The number of amides is 1. The van der Waals surface area contributed by atoms with Gasteiger partial charge in [0.15, 0.2) is 0 Å². The molecule has 1 aromatic heterocycles. The maximum Gasteiger partial charge on any atom is 0.257 e. The van der Waals surface area contributed by atoms with E-state index in [9.17, 15) is 4.79 Å². The second-order valence-electron chi connectivity index (χ2n) is 5.00. The number of anilines is 2. The van der Waals surface area contributed by atoms with Crippen LogP contribution in [-0.2, 0) is 4.74 Å². The zero-order valence-electron chi connectivity index (χ0n) is 12.9. The van der Waals surface area contributed by atoms with Crippen molar-refractivity contribution >= 4 is 17.3 Å². The fraction of sp³-hybridized carbons (Fsp3) is 0.294. The summed E-state index contributed by atoms with van der Waals surface area (Å²) in [6, 6.07) is 9.48. The Balaban J connectivity index is 1.99. The summed E-state index contributed by atoms with van der Waals surface area (Å²) in [7, 11) is 1.68. The number of aromatic nitrogens is 1. The van der Waals surface area contributed by atoms with Gasteiger partial charge in [0.05, 0.1) is 11.3 Å². The van der Waals surface area contributed by atoms with Crippen molar-refractivity contribution in [2.24, 2.45) is 0 Å². The first-order valence-electron chi connectivity index (χ1n) is 7.25. The van der Waals surface area contributed by atoms with Gasteiger partial charge in [0, 0.05) is 38.3 Å². The zero-order chi connectivity index (χ0) is 15.8. The van der Waals surface area contributed by atoms with Gasteiger partial charge in [-0.1, -0.05) is 18.2 Å². The first-order chi connectivity index (χ1) is 10.7. The van der Waals surface area contributed by atoms with Gasteiger partial charge in [0.25, 0.3) is 5.91 Å². The third-order valence-electron chi connectivity index (χ3n) is 3.25. The van der Waals surface area contributed by atoms with Crippen molar-refractivity contribution in [1.82, 2.24) is 4.98 Å². The molecule has 0 bridgehead atoms. The Hall–Kier alpha value is -2.40. The fourth-order valence-electron chi connectivity index (χ4n) is 2.02. The molecule has 1 aromatic carbocycles. The monoisotopic (exact) mass is 299 g/mol. The van der Waals surface area contributed by atoms with Crippen LogP contribution in [0.5, 0.6) is 0 Å². The number of aryl methyl sites for hydroxylation is 1. The molecule has 0 fully saturated rings. The molecule has 5 heteroatoms. The van der Waals surface area contributed by atoms with Gasteiger partial charge >= 0.3 is 0 Å². The molecule has 0 saturated carbocycles. The number of hydrogen-bond donors (Lipinski definition) is 2. The normalized spacial score (nSPS) is 10.3. The predicted octanol–water partition coefficient (Wildman–Crippen LogP) is 3.09. The summed E-state index contributed by atoms with van der Waals surface area (Å²) in [6.45, 7) is 3.44. The highest BCUT2D eigenvalue weighted by atomic mass is 16.5. The molecule has 116 valence electrons. The highest BCUT2D eigenvalue weighted by Gasteiger charge is 2.08. The Kier molecular flexibility index (Phi) is 5.91. The molecule has 0 aliphatic carbocycles. The van der Waals surface area contributed by atoms with Crippen molar-refractivity contribution in [3.8, 4) is 0 Å². The molecular formula is C17H21N3O2. The molecular weight excluding hydrogens is 278 g/mol. The molecule has 2 rings (SSSR count). The highest BCUT2D eigenvalue weighted by Crippen LogP contribution is 2.15. The molecule has 0 unspecified atom stereocenters.